The zero-order valence-electron chi connectivity index (χ0n) is 5.08. The standard InChI is InChI=1S/C2H2ClO2.C2H3O2.Hg/c3-1-2(4)5;1-2(3)4;/h1H,(H,4,5);1H2,(H,3,4);. The van der Waals surface area contributed by atoms with E-state index in [9.17, 15) is 9.59 Å². The number of alkyl halides is 1. The van der Waals surface area contributed by atoms with Gasteiger partial charge in [0.25, 0.3) is 0 Å². The van der Waals surface area contributed by atoms with Gasteiger partial charge in [-0.15, -0.1) is 0 Å². The van der Waals surface area contributed by atoms with Crippen molar-refractivity contribution < 1.29 is 44.4 Å². The minimum absolute atomic E-state index is 0.0144. The van der Waals surface area contributed by atoms with E-state index in [2.05, 4.69) is 0 Å². The first-order valence-electron chi connectivity index (χ1n) is 2.62. The van der Waals surface area contributed by atoms with Crippen LogP contribution in [0.5, 0.6) is 0 Å². The number of carboxylic acid groups (broad SMARTS) is 2. The second-order valence-corrected chi connectivity index (χ2v) is 11.6. The summed E-state index contributed by atoms with van der Waals surface area (Å²) in [7, 11) is 0. The van der Waals surface area contributed by atoms with Crippen molar-refractivity contribution in [3.05, 3.63) is 0 Å². The van der Waals surface area contributed by atoms with E-state index in [-0.39, 0.29) is 3.93 Å². The van der Waals surface area contributed by atoms with Gasteiger partial charge >= 0.3 is 74.7 Å². The maximum atomic E-state index is 10.0. The molecule has 0 rings (SSSR count). The van der Waals surface area contributed by atoms with E-state index in [1.165, 1.54) is 0 Å². The second kappa shape index (κ2) is 4.90. The third-order valence-electron chi connectivity index (χ3n) is 0.880. The average molecular weight is 353 g/mol. The number of rotatable bonds is 4. The quantitative estimate of drug-likeness (QED) is 0.560. The van der Waals surface area contributed by atoms with E-state index in [0.717, 1.165) is 0 Å². The second-order valence-electron chi connectivity index (χ2n) is 1.74. The third kappa shape index (κ3) is 4.99. The number of halogens is 1. The molecule has 0 saturated carbocycles. The fourth-order valence-corrected chi connectivity index (χ4v) is 4.24. The van der Waals surface area contributed by atoms with Crippen LogP contribution in [-0.2, 0) is 34.2 Å². The van der Waals surface area contributed by atoms with Crippen LogP contribution in [0.2, 0.25) is 3.93 Å². The molecule has 54 valence electrons. The van der Waals surface area contributed by atoms with E-state index < -0.39 is 39.4 Å². The van der Waals surface area contributed by atoms with E-state index in [0.29, 0.717) is 0 Å². The van der Waals surface area contributed by atoms with Crippen molar-refractivity contribution in [2.24, 2.45) is 0 Å². The first-order chi connectivity index (χ1) is 4.54. The molecule has 0 aromatic carbocycles. The van der Waals surface area contributed by atoms with Crippen molar-refractivity contribution in [2.75, 3.05) is 0 Å². The van der Waals surface area contributed by atoms with Gasteiger partial charge in [-0.05, 0) is 0 Å². The molecule has 0 amide bonds. The number of carboxylic acids is 2. The first kappa shape index (κ1) is 10.2. The van der Waals surface area contributed by atoms with Gasteiger partial charge in [-0.2, -0.15) is 0 Å². The Bertz CT molecular complexity index is 148. The Kier molecular flexibility index (Phi) is 4.98. The van der Waals surface area contributed by atoms with Crippen LogP contribution in [-0.4, -0.2) is 25.0 Å². The fourth-order valence-electron chi connectivity index (χ4n) is 0.374. The van der Waals surface area contributed by atoms with Crippen molar-refractivity contribution in [1.29, 1.82) is 0 Å². The Morgan fingerprint density at radius 3 is 2.30 bits per heavy atom. The molecular weight excluding hydrogens is 348 g/mol. The van der Waals surface area contributed by atoms with Crippen LogP contribution in [0.3, 0.4) is 0 Å². The predicted molar refractivity (Wildman–Crippen MR) is 29.7 cm³/mol. The Hall–Kier alpha value is 0.165. The molecule has 0 aliphatic rings. The number of aliphatic carboxylic acids is 2. The summed E-state index contributed by atoms with van der Waals surface area (Å²) in [4.78, 5) is 20.0. The molecule has 0 heterocycles. The Balaban J connectivity index is 3.49. The number of hydrogen-bond donors (Lipinski definition) is 2. The van der Waals surface area contributed by atoms with Gasteiger partial charge in [0.2, 0.25) is 0 Å². The van der Waals surface area contributed by atoms with E-state index >= 15 is 0 Å². The van der Waals surface area contributed by atoms with Crippen molar-refractivity contribution in [3.8, 4) is 0 Å². The van der Waals surface area contributed by atoms with Crippen molar-refractivity contribution in [1.82, 2.24) is 0 Å². The molecule has 0 aliphatic heterocycles. The molecule has 1 unspecified atom stereocenters. The summed E-state index contributed by atoms with van der Waals surface area (Å²) in [5, 5.41) is 16.4. The van der Waals surface area contributed by atoms with Crippen molar-refractivity contribution in [3.63, 3.8) is 0 Å². The van der Waals surface area contributed by atoms with E-state index in [4.69, 9.17) is 21.8 Å². The van der Waals surface area contributed by atoms with Gasteiger partial charge in [-0.25, -0.2) is 0 Å². The van der Waals surface area contributed by atoms with E-state index in [1.807, 2.05) is 0 Å². The SMILES string of the molecule is O=C(O)[CH2][Hg][CH](Cl)C(=O)O. The van der Waals surface area contributed by atoms with Crippen LogP contribution >= 0.6 is 11.6 Å². The Morgan fingerprint density at radius 2 is 2.00 bits per heavy atom. The summed E-state index contributed by atoms with van der Waals surface area (Å²) in [6.07, 6.45) is 0. The average Bonchev–Trinajstić information content (AvgIpc) is 1.82. The van der Waals surface area contributed by atoms with Crippen molar-refractivity contribution in [2.45, 2.75) is 6.82 Å². The van der Waals surface area contributed by atoms with Gasteiger partial charge in [0.15, 0.2) is 0 Å². The molecular formula is C4H5ClHgO4. The summed E-state index contributed by atoms with van der Waals surface area (Å²) < 4.78 is -0.850. The molecule has 0 aromatic heterocycles. The molecule has 0 saturated heterocycles. The van der Waals surface area contributed by atoms with Gasteiger partial charge in [0, 0.05) is 0 Å². The zero-order valence-corrected chi connectivity index (χ0v) is 11.3. The normalized spacial score (nSPS) is 11.7. The predicted octanol–water partition coefficient (Wildman–Crippen LogP) is 0.221. The van der Waals surface area contributed by atoms with Crippen LogP contribution in [0.1, 0.15) is 0 Å². The van der Waals surface area contributed by atoms with Crippen LogP contribution in [0.25, 0.3) is 0 Å². The van der Waals surface area contributed by atoms with Crippen LogP contribution < -0.4 is 0 Å². The molecule has 0 bridgehead atoms. The molecule has 2 N–H and O–H groups in total. The molecule has 1 atom stereocenters. The van der Waals surface area contributed by atoms with Crippen molar-refractivity contribution >= 4 is 23.5 Å². The molecule has 0 fully saturated rings. The topological polar surface area (TPSA) is 74.6 Å². The van der Waals surface area contributed by atoms with Gasteiger partial charge < -0.3 is 0 Å². The van der Waals surface area contributed by atoms with Crippen LogP contribution in [0.4, 0.5) is 0 Å². The molecule has 0 aliphatic carbocycles. The van der Waals surface area contributed by atoms with Crippen LogP contribution in [0, 0.1) is 0 Å². The summed E-state index contributed by atoms with van der Waals surface area (Å²) in [6, 6.07) is 0. The molecule has 4 nitrogen and oxygen atoms in total. The fraction of sp³-hybridized carbons (Fsp3) is 0.500. The van der Waals surface area contributed by atoms with Gasteiger partial charge in [0.1, 0.15) is 0 Å². The van der Waals surface area contributed by atoms with Gasteiger partial charge in [0.05, 0.1) is 0 Å². The summed E-state index contributed by atoms with van der Waals surface area (Å²) in [5.41, 5.74) is 0. The van der Waals surface area contributed by atoms with Crippen LogP contribution in [0.15, 0.2) is 0 Å². The molecule has 0 spiro atoms. The Labute approximate surface area is 74.6 Å². The Morgan fingerprint density at radius 1 is 1.50 bits per heavy atom. The monoisotopic (exact) mass is 354 g/mol. The zero-order chi connectivity index (χ0) is 8.15. The summed E-state index contributed by atoms with van der Waals surface area (Å²) in [5.74, 6) is -2.02. The molecule has 0 aromatic rings. The maximum absolute atomic E-state index is 10.0. The summed E-state index contributed by atoms with van der Waals surface area (Å²) >= 11 is 3.41. The molecule has 6 heteroatoms. The first-order valence-corrected chi connectivity index (χ1v) is 10.1. The van der Waals surface area contributed by atoms with Gasteiger partial charge in [-0.1, -0.05) is 0 Å². The third-order valence-corrected chi connectivity index (χ3v) is 9.09. The van der Waals surface area contributed by atoms with Gasteiger partial charge in [-0.3, -0.25) is 0 Å². The summed E-state index contributed by atoms with van der Waals surface area (Å²) in [6.45, 7) is 0. The minimum atomic E-state index is -1.89. The molecule has 0 radical (unpaired) electrons. The van der Waals surface area contributed by atoms with E-state index in [1.54, 1.807) is 0 Å². The number of carbonyl (C=O) groups is 2. The number of hydrogen-bond acceptors (Lipinski definition) is 2. The molecule has 10 heavy (non-hydrogen) atoms.